The summed E-state index contributed by atoms with van der Waals surface area (Å²) in [7, 11) is 1.62. The number of ether oxygens (including phenoxy) is 1. The van der Waals surface area contributed by atoms with E-state index in [2.05, 4.69) is 10.4 Å². The lowest BCUT2D eigenvalue weighted by atomic mass is 9.77. The molecule has 0 saturated carbocycles. The number of benzene rings is 2. The van der Waals surface area contributed by atoms with E-state index in [1.54, 1.807) is 7.11 Å². The fourth-order valence-electron chi connectivity index (χ4n) is 4.33. The van der Waals surface area contributed by atoms with Crippen molar-refractivity contribution in [1.82, 2.24) is 9.78 Å². The van der Waals surface area contributed by atoms with Crippen LogP contribution in [0.1, 0.15) is 36.3 Å². The number of carbonyl (C=O) groups excluding carboxylic acids is 1. The van der Waals surface area contributed by atoms with Crippen molar-refractivity contribution >= 4 is 11.6 Å². The number of nitrogens with zero attached hydrogens (tertiary/aromatic N) is 1. The number of nitrogens with one attached hydrogen (secondary N) is 2. The number of rotatable bonds is 3. The zero-order chi connectivity index (χ0) is 20.0. The van der Waals surface area contributed by atoms with E-state index < -0.39 is 5.92 Å². The quantitative estimate of drug-likeness (QED) is 0.718. The van der Waals surface area contributed by atoms with Crippen LogP contribution in [0.15, 0.2) is 70.7 Å². The largest absolute Gasteiger partial charge is 0.497 e. The highest BCUT2D eigenvalue weighted by molar-refractivity contribution is 6.00. The summed E-state index contributed by atoms with van der Waals surface area (Å²) in [6.07, 6.45) is 2.13. The van der Waals surface area contributed by atoms with Crippen LogP contribution in [0.2, 0.25) is 0 Å². The molecule has 0 saturated heterocycles. The van der Waals surface area contributed by atoms with Gasteiger partial charge < -0.3 is 10.1 Å². The summed E-state index contributed by atoms with van der Waals surface area (Å²) >= 11 is 0. The second kappa shape index (κ2) is 6.81. The lowest BCUT2D eigenvalue weighted by molar-refractivity contribution is -0.116. The molecule has 0 bridgehead atoms. The Morgan fingerprint density at radius 1 is 1.00 bits per heavy atom. The summed E-state index contributed by atoms with van der Waals surface area (Å²) in [5, 5.41) is 6.55. The molecule has 5 rings (SSSR count). The van der Waals surface area contributed by atoms with Crippen molar-refractivity contribution in [2.24, 2.45) is 0 Å². The van der Waals surface area contributed by atoms with Crippen molar-refractivity contribution in [3.05, 3.63) is 87.3 Å². The molecule has 3 aromatic rings. The number of hydrogen-bond acceptors (Lipinski definition) is 4. The van der Waals surface area contributed by atoms with E-state index in [0.29, 0.717) is 23.4 Å². The number of carbonyl (C=O) groups is 1. The van der Waals surface area contributed by atoms with E-state index >= 15 is 0 Å². The number of ketones is 1. The molecular formula is C23H21N3O3. The fraction of sp³-hybridized carbons (Fsp3) is 0.217. The van der Waals surface area contributed by atoms with Gasteiger partial charge in [-0.15, -0.1) is 0 Å². The van der Waals surface area contributed by atoms with Crippen LogP contribution in [0.5, 0.6) is 5.75 Å². The van der Waals surface area contributed by atoms with Gasteiger partial charge >= 0.3 is 0 Å². The molecule has 2 aromatic carbocycles. The summed E-state index contributed by atoms with van der Waals surface area (Å²) in [5.41, 5.74) is 3.72. The lowest BCUT2D eigenvalue weighted by Gasteiger charge is -2.31. The van der Waals surface area contributed by atoms with Crippen LogP contribution in [0.3, 0.4) is 0 Å². The van der Waals surface area contributed by atoms with Gasteiger partial charge in [0.15, 0.2) is 5.78 Å². The number of allylic oxidation sites excluding steroid dienone is 2. The van der Waals surface area contributed by atoms with Crippen LogP contribution < -0.4 is 15.6 Å². The molecule has 1 atom stereocenters. The van der Waals surface area contributed by atoms with E-state index in [-0.39, 0.29) is 11.3 Å². The minimum absolute atomic E-state index is 0.108. The van der Waals surface area contributed by atoms with Crippen LogP contribution in [0.25, 0.3) is 5.69 Å². The summed E-state index contributed by atoms with van der Waals surface area (Å²) in [4.78, 5) is 26.3. The monoisotopic (exact) mass is 387 g/mol. The topological polar surface area (TPSA) is 76.1 Å². The Balaban J connectivity index is 1.72. The molecule has 2 heterocycles. The molecule has 6 nitrogen and oxygen atoms in total. The molecule has 0 spiro atoms. The predicted molar refractivity (Wildman–Crippen MR) is 111 cm³/mol. The van der Waals surface area contributed by atoms with Crippen molar-refractivity contribution < 1.29 is 9.53 Å². The number of para-hydroxylation sites is 1. The molecule has 1 aliphatic carbocycles. The average molecular weight is 387 g/mol. The first-order valence-corrected chi connectivity index (χ1v) is 9.75. The number of methoxy groups -OCH3 is 1. The van der Waals surface area contributed by atoms with Gasteiger partial charge in [0, 0.05) is 23.6 Å². The summed E-state index contributed by atoms with van der Waals surface area (Å²) in [6, 6.07) is 17.1. The van der Waals surface area contributed by atoms with Crippen LogP contribution in [-0.4, -0.2) is 22.7 Å². The maximum absolute atomic E-state index is 13.4. The Hall–Kier alpha value is -3.54. The molecule has 2 aliphatic rings. The zero-order valence-electron chi connectivity index (χ0n) is 16.1. The van der Waals surface area contributed by atoms with Crippen molar-refractivity contribution in [2.45, 2.75) is 25.2 Å². The number of aromatic amines is 1. The highest BCUT2D eigenvalue weighted by Crippen LogP contribution is 2.43. The van der Waals surface area contributed by atoms with E-state index in [1.807, 2.05) is 54.6 Å². The van der Waals surface area contributed by atoms with Gasteiger partial charge in [-0.3, -0.25) is 14.7 Å². The first-order chi connectivity index (χ1) is 14.2. The van der Waals surface area contributed by atoms with E-state index in [0.717, 1.165) is 35.5 Å². The Morgan fingerprint density at radius 2 is 1.76 bits per heavy atom. The molecule has 1 unspecified atom stereocenters. The van der Waals surface area contributed by atoms with Crippen LogP contribution in [-0.2, 0) is 4.79 Å². The molecule has 2 N–H and O–H groups in total. The first-order valence-electron chi connectivity index (χ1n) is 9.75. The SMILES string of the molecule is COc1ccc(C2C3=C(CCCC3=O)Nc3[nH]n(-c4ccccc4)c(=O)c32)cc1. The van der Waals surface area contributed by atoms with Gasteiger partial charge in [0.1, 0.15) is 11.6 Å². The Labute approximate surface area is 167 Å². The Bertz CT molecular complexity index is 1170. The third-order valence-corrected chi connectivity index (χ3v) is 5.70. The molecule has 1 aromatic heterocycles. The van der Waals surface area contributed by atoms with Gasteiger partial charge in [0.2, 0.25) is 0 Å². The van der Waals surface area contributed by atoms with Gasteiger partial charge in [-0.25, -0.2) is 4.68 Å². The standard InChI is InChI=1S/C23H21N3O3/c1-29-16-12-10-14(11-13-16)19-20-17(8-5-9-18(20)27)24-22-21(19)23(28)26(25-22)15-6-3-2-4-7-15/h2-4,6-7,10-13,19,24-25H,5,8-9H2,1H3. The normalized spacial score (nSPS) is 18.1. The van der Waals surface area contributed by atoms with Crippen LogP contribution >= 0.6 is 0 Å². The lowest BCUT2D eigenvalue weighted by Crippen LogP contribution is -2.29. The van der Waals surface area contributed by atoms with Crippen LogP contribution in [0, 0.1) is 0 Å². The van der Waals surface area contributed by atoms with E-state index in [9.17, 15) is 9.59 Å². The number of H-pyrrole nitrogens is 1. The van der Waals surface area contributed by atoms with Gasteiger partial charge in [-0.1, -0.05) is 30.3 Å². The molecule has 0 radical (unpaired) electrons. The summed E-state index contributed by atoms with van der Waals surface area (Å²) < 4.78 is 6.81. The number of aromatic nitrogens is 2. The maximum Gasteiger partial charge on any atom is 0.277 e. The molecule has 29 heavy (non-hydrogen) atoms. The highest BCUT2D eigenvalue weighted by Gasteiger charge is 2.38. The molecule has 0 amide bonds. The van der Waals surface area contributed by atoms with Gasteiger partial charge in [0.05, 0.1) is 18.4 Å². The number of Topliss-reactive ketones (excluding diaryl/α,β-unsaturated/α-hetero) is 1. The second-order valence-corrected chi connectivity index (χ2v) is 7.38. The fourth-order valence-corrected chi connectivity index (χ4v) is 4.33. The molecule has 1 aliphatic heterocycles. The van der Waals surface area contributed by atoms with Crippen LogP contribution in [0.4, 0.5) is 5.82 Å². The second-order valence-electron chi connectivity index (χ2n) is 7.38. The minimum atomic E-state index is -0.395. The molecule has 0 fully saturated rings. The molecule has 6 heteroatoms. The minimum Gasteiger partial charge on any atom is -0.497 e. The summed E-state index contributed by atoms with van der Waals surface area (Å²) in [6.45, 7) is 0. The summed E-state index contributed by atoms with van der Waals surface area (Å²) in [5.74, 6) is 1.11. The van der Waals surface area contributed by atoms with Crippen molar-refractivity contribution in [2.75, 3.05) is 12.4 Å². The van der Waals surface area contributed by atoms with Gasteiger partial charge in [-0.05, 0) is 42.7 Å². The highest BCUT2D eigenvalue weighted by atomic mass is 16.5. The van der Waals surface area contributed by atoms with E-state index in [4.69, 9.17) is 4.74 Å². The molecule has 146 valence electrons. The molecular weight excluding hydrogens is 366 g/mol. The number of anilines is 1. The smallest absolute Gasteiger partial charge is 0.277 e. The first kappa shape index (κ1) is 17.6. The third-order valence-electron chi connectivity index (χ3n) is 5.70. The van der Waals surface area contributed by atoms with Crippen molar-refractivity contribution in [1.29, 1.82) is 0 Å². The van der Waals surface area contributed by atoms with Gasteiger partial charge in [0.25, 0.3) is 5.56 Å². The third kappa shape index (κ3) is 2.79. The Morgan fingerprint density at radius 3 is 2.48 bits per heavy atom. The predicted octanol–water partition coefficient (Wildman–Crippen LogP) is 3.74. The Kier molecular flexibility index (Phi) is 4.12. The van der Waals surface area contributed by atoms with Crippen molar-refractivity contribution in [3.63, 3.8) is 0 Å². The maximum atomic E-state index is 13.4. The van der Waals surface area contributed by atoms with Crippen molar-refractivity contribution in [3.8, 4) is 11.4 Å². The zero-order valence-corrected chi connectivity index (χ0v) is 16.1. The number of hydrogen-bond donors (Lipinski definition) is 2. The average Bonchev–Trinajstić information content (AvgIpc) is 3.09. The number of fused-ring (bicyclic) bond motifs is 1. The van der Waals surface area contributed by atoms with Gasteiger partial charge in [-0.2, -0.15) is 0 Å². The van der Waals surface area contributed by atoms with E-state index in [1.165, 1.54) is 4.68 Å².